The number of aromatic amines is 1. The third kappa shape index (κ3) is 2.35. The van der Waals surface area contributed by atoms with Crippen LogP contribution >= 0.6 is 27.5 Å². The first-order chi connectivity index (χ1) is 7.99. The highest BCUT2D eigenvalue weighted by molar-refractivity contribution is 9.10. The summed E-state index contributed by atoms with van der Waals surface area (Å²) in [5.74, 6) is -1.04. The minimum Gasteiger partial charge on any atom is -0.477 e. The molecule has 1 heterocycles. The molecule has 0 aliphatic rings. The number of hydrogen-bond acceptors (Lipinski definition) is 2. The molecule has 0 unspecified atom stereocenters. The van der Waals surface area contributed by atoms with Gasteiger partial charge in [-0.2, -0.15) is 5.10 Å². The van der Waals surface area contributed by atoms with Crippen LogP contribution in [0.15, 0.2) is 22.7 Å². The Morgan fingerprint density at radius 2 is 2.18 bits per heavy atom. The maximum Gasteiger partial charge on any atom is 0.353 e. The number of rotatable bonds is 2. The Bertz CT molecular complexity index is 595. The van der Waals surface area contributed by atoms with Crippen molar-refractivity contribution in [3.05, 3.63) is 39.0 Å². The van der Waals surface area contributed by atoms with Gasteiger partial charge in [0.05, 0.1) is 5.69 Å². The van der Waals surface area contributed by atoms with Crippen molar-refractivity contribution in [3.8, 4) is 11.3 Å². The van der Waals surface area contributed by atoms with E-state index in [0.717, 1.165) is 15.6 Å². The molecule has 0 atom stereocenters. The van der Waals surface area contributed by atoms with Crippen LogP contribution in [0.3, 0.4) is 0 Å². The van der Waals surface area contributed by atoms with Crippen LogP contribution in [0.2, 0.25) is 5.02 Å². The van der Waals surface area contributed by atoms with Crippen molar-refractivity contribution in [2.45, 2.75) is 6.92 Å². The van der Waals surface area contributed by atoms with Crippen molar-refractivity contribution in [2.24, 2.45) is 0 Å². The van der Waals surface area contributed by atoms with Gasteiger partial charge < -0.3 is 5.11 Å². The summed E-state index contributed by atoms with van der Waals surface area (Å²) in [7, 11) is 0. The first-order valence-corrected chi connectivity index (χ1v) is 5.91. The Balaban J connectivity index is 2.56. The predicted molar refractivity (Wildman–Crippen MR) is 68.4 cm³/mol. The van der Waals surface area contributed by atoms with Crippen LogP contribution in [0.1, 0.15) is 16.1 Å². The molecule has 0 fully saturated rings. The molecule has 1 aromatic carbocycles. The number of nitrogens with zero attached hydrogens (tertiary/aromatic N) is 1. The topological polar surface area (TPSA) is 66.0 Å². The molecule has 2 rings (SSSR count). The van der Waals surface area contributed by atoms with Gasteiger partial charge >= 0.3 is 5.97 Å². The van der Waals surface area contributed by atoms with Gasteiger partial charge in [-0.1, -0.05) is 27.5 Å². The van der Waals surface area contributed by atoms with Crippen LogP contribution in [0.4, 0.5) is 0 Å². The Hall–Kier alpha value is -1.33. The lowest BCUT2D eigenvalue weighted by molar-refractivity contribution is 0.0690. The van der Waals surface area contributed by atoms with Crippen LogP contribution in [0.25, 0.3) is 11.3 Å². The molecule has 0 radical (unpaired) electrons. The summed E-state index contributed by atoms with van der Waals surface area (Å²) in [6.07, 6.45) is 0. The van der Waals surface area contributed by atoms with Gasteiger partial charge in [0.25, 0.3) is 0 Å². The first-order valence-electron chi connectivity index (χ1n) is 4.73. The maximum atomic E-state index is 10.8. The summed E-state index contributed by atoms with van der Waals surface area (Å²) in [5, 5.41) is 15.9. The third-order valence-electron chi connectivity index (χ3n) is 2.39. The van der Waals surface area contributed by atoms with Crippen LogP contribution in [0, 0.1) is 6.92 Å². The van der Waals surface area contributed by atoms with E-state index >= 15 is 0 Å². The normalized spacial score (nSPS) is 10.5. The molecule has 0 saturated heterocycles. The molecule has 2 N–H and O–H groups in total. The molecular weight excluding hydrogens is 307 g/mol. The van der Waals surface area contributed by atoms with Crippen LogP contribution < -0.4 is 0 Å². The fraction of sp³-hybridized carbons (Fsp3) is 0.0909. The number of aromatic carboxylic acids is 1. The van der Waals surface area contributed by atoms with E-state index in [1.807, 2.05) is 13.0 Å². The number of carboxylic acids is 1. The molecule has 4 nitrogen and oxygen atoms in total. The molecule has 0 bridgehead atoms. The zero-order chi connectivity index (χ0) is 12.6. The highest BCUT2D eigenvalue weighted by atomic mass is 79.9. The number of halogens is 2. The van der Waals surface area contributed by atoms with Crippen molar-refractivity contribution in [1.82, 2.24) is 10.2 Å². The second kappa shape index (κ2) is 4.50. The molecule has 0 aliphatic carbocycles. The molecule has 6 heteroatoms. The summed E-state index contributed by atoms with van der Waals surface area (Å²) < 4.78 is 0.822. The lowest BCUT2D eigenvalue weighted by Crippen LogP contribution is -1.95. The number of aromatic nitrogens is 2. The number of carboxylic acid groups (broad SMARTS) is 1. The zero-order valence-electron chi connectivity index (χ0n) is 8.79. The van der Waals surface area contributed by atoms with E-state index in [4.69, 9.17) is 16.7 Å². The van der Waals surface area contributed by atoms with Gasteiger partial charge in [0.15, 0.2) is 0 Å². The summed E-state index contributed by atoms with van der Waals surface area (Å²) in [5.41, 5.74) is 2.27. The van der Waals surface area contributed by atoms with Gasteiger partial charge in [0.2, 0.25) is 0 Å². The molecule has 88 valence electrons. The van der Waals surface area contributed by atoms with Gasteiger partial charge in [-0.3, -0.25) is 5.10 Å². The van der Waals surface area contributed by atoms with E-state index in [0.29, 0.717) is 10.7 Å². The average Bonchev–Trinajstić information content (AvgIpc) is 2.72. The highest BCUT2D eigenvalue weighted by Gasteiger charge is 2.13. The third-order valence-corrected chi connectivity index (χ3v) is 3.24. The van der Waals surface area contributed by atoms with Crippen LogP contribution in [-0.2, 0) is 0 Å². The molecule has 1 aromatic heterocycles. The quantitative estimate of drug-likeness (QED) is 0.891. The Morgan fingerprint density at radius 3 is 2.76 bits per heavy atom. The van der Waals surface area contributed by atoms with E-state index < -0.39 is 5.97 Å². The second-order valence-electron chi connectivity index (χ2n) is 3.53. The van der Waals surface area contributed by atoms with E-state index in [1.54, 1.807) is 6.07 Å². The van der Waals surface area contributed by atoms with E-state index in [2.05, 4.69) is 26.1 Å². The lowest BCUT2D eigenvalue weighted by atomic mass is 10.1. The number of nitrogens with one attached hydrogen (secondary N) is 1. The van der Waals surface area contributed by atoms with E-state index in [9.17, 15) is 4.79 Å². The number of carbonyl (C=O) groups is 1. The molecular formula is C11H8BrClN2O2. The summed E-state index contributed by atoms with van der Waals surface area (Å²) in [6, 6.07) is 5.11. The molecule has 0 amide bonds. The van der Waals surface area contributed by atoms with Gasteiger partial charge in [0.1, 0.15) is 5.69 Å². The molecule has 17 heavy (non-hydrogen) atoms. The van der Waals surface area contributed by atoms with Crippen LogP contribution in [-0.4, -0.2) is 21.3 Å². The zero-order valence-corrected chi connectivity index (χ0v) is 11.1. The maximum absolute atomic E-state index is 10.8. The standard InChI is InChI=1S/C11H8BrClN2O2/c1-5-7(2-6(12)3-8(5)13)9-4-10(11(16)17)15-14-9/h2-4H,1H3,(H,14,15)(H,16,17). The van der Waals surface area contributed by atoms with E-state index in [-0.39, 0.29) is 5.69 Å². The summed E-state index contributed by atoms with van der Waals surface area (Å²) in [4.78, 5) is 10.8. The van der Waals surface area contributed by atoms with Crippen LogP contribution in [0.5, 0.6) is 0 Å². The summed E-state index contributed by atoms with van der Waals surface area (Å²) >= 11 is 9.40. The van der Waals surface area contributed by atoms with Gasteiger partial charge in [0, 0.05) is 15.1 Å². The van der Waals surface area contributed by atoms with Gasteiger partial charge in [-0.25, -0.2) is 4.79 Å². The minimum atomic E-state index is -1.04. The SMILES string of the molecule is Cc1c(Cl)cc(Br)cc1-c1cc(C(=O)O)[nH]n1. The van der Waals surface area contributed by atoms with Crippen molar-refractivity contribution in [1.29, 1.82) is 0 Å². The second-order valence-corrected chi connectivity index (χ2v) is 4.86. The molecule has 0 saturated carbocycles. The van der Waals surface area contributed by atoms with Crippen molar-refractivity contribution >= 4 is 33.5 Å². The highest BCUT2D eigenvalue weighted by Crippen LogP contribution is 2.31. The van der Waals surface area contributed by atoms with Crippen molar-refractivity contribution in [3.63, 3.8) is 0 Å². The smallest absolute Gasteiger partial charge is 0.353 e. The number of H-pyrrole nitrogens is 1. The fourth-order valence-corrected chi connectivity index (χ4v) is 2.29. The number of benzene rings is 1. The van der Waals surface area contributed by atoms with E-state index in [1.165, 1.54) is 6.07 Å². The first kappa shape index (κ1) is 12.1. The van der Waals surface area contributed by atoms with Gasteiger partial charge in [-0.05, 0) is 30.7 Å². The van der Waals surface area contributed by atoms with Gasteiger partial charge in [-0.15, -0.1) is 0 Å². The van der Waals surface area contributed by atoms with Crippen molar-refractivity contribution in [2.75, 3.05) is 0 Å². The lowest BCUT2D eigenvalue weighted by Gasteiger charge is -2.05. The van der Waals surface area contributed by atoms with Crippen molar-refractivity contribution < 1.29 is 9.90 Å². The monoisotopic (exact) mass is 314 g/mol. The predicted octanol–water partition coefficient (Wildman–Crippen LogP) is 3.50. The Labute approximate surface area is 111 Å². The molecule has 0 aliphatic heterocycles. The molecule has 2 aromatic rings. The number of hydrogen-bond donors (Lipinski definition) is 2. The Morgan fingerprint density at radius 1 is 1.47 bits per heavy atom. The fourth-order valence-electron chi connectivity index (χ4n) is 1.48. The average molecular weight is 316 g/mol. The largest absolute Gasteiger partial charge is 0.477 e. The molecule has 0 spiro atoms. The minimum absolute atomic E-state index is 0.0514. The Kier molecular flexibility index (Phi) is 3.22. The summed E-state index contributed by atoms with van der Waals surface area (Å²) in [6.45, 7) is 1.86.